The van der Waals surface area contributed by atoms with E-state index in [1.165, 1.54) is 0 Å². The minimum absolute atomic E-state index is 0.0634. The van der Waals surface area contributed by atoms with Crippen LogP contribution in [0.25, 0.3) is 0 Å². The van der Waals surface area contributed by atoms with Crippen LogP contribution < -0.4 is 0 Å². The summed E-state index contributed by atoms with van der Waals surface area (Å²) in [6, 6.07) is 16.8. The zero-order valence-corrected chi connectivity index (χ0v) is 13.4. The van der Waals surface area contributed by atoms with E-state index in [1.807, 2.05) is 54.6 Å². The van der Waals surface area contributed by atoms with Gasteiger partial charge < -0.3 is 10.1 Å². The molecule has 2 aromatic carbocycles. The van der Waals surface area contributed by atoms with Crippen LogP contribution in [0.1, 0.15) is 17.0 Å². The van der Waals surface area contributed by atoms with Crippen molar-refractivity contribution in [3.8, 4) is 0 Å². The SMILES string of the molecule is CN1C[C@@H](c2ccccc2Cl)[C@H](/C(=N\O)c2ccccc2)C1=O. The quantitative estimate of drug-likeness (QED) is 0.533. The standard InChI is InChI=1S/C18H17ClN2O2/c1-21-11-14(13-9-5-6-10-15(13)19)16(18(21)22)17(20-23)12-7-3-2-4-8-12/h2-10,14,16,23H,11H2,1H3/b20-17-/t14-,16+/m0/s1. The third kappa shape index (κ3) is 2.82. The van der Waals surface area contributed by atoms with Crippen LogP contribution in [0.5, 0.6) is 0 Å². The Morgan fingerprint density at radius 1 is 1.17 bits per heavy atom. The predicted octanol–water partition coefficient (Wildman–Crippen LogP) is 3.39. The number of carbonyl (C=O) groups excluding carboxylic acids is 1. The van der Waals surface area contributed by atoms with Crippen molar-refractivity contribution in [2.45, 2.75) is 5.92 Å². The van der Waals surface area contributed by atoms with Crippen LogP contribution in [-0.4, -0.2) is 35.3 Å². The first-order chi connectivity index (χ1) is 11.1. The van der Waals surface area contributed by atoms with Gasteiger partial charge in [-0.25, -0.2) is 0 Å². The molecule has 1 aliphatic rings. The van der Waals surface area contributed by atoms with Crippen LogP contribution in [-0.2, 0) is 4.79 Å². The van der Waals surface area contributed by atoms with Crippen LogP contribution in [0.2, 0.25) is 5.02 Å². The van der Waals surface area contributed by atoms with Crippen LogP contribution in [0.4, 0.5) is 0 Å². The monoisotopic (exact) mass is 328 g/mol. The minimum Gasteiger partial charge on any atom is -0.411 e. The number of likely N-dealkylation sites (N-methyl/N-ethyl adjacent to an activating group) is 1. The molecule has 1 saturated heterocycles. The minimum atomic E-state index is -0.549. The molecule has 1 aliphatic heterocycles. The maximum absolute atomic E-state index is 12.7. The van der Waals surface area contributed by atoms with Crippen molar-refractivity contribution in [2.24, 2.45) is 11.1 Å². The number of nitrogens with zero attached hydrogens (tertiary/aromatic N) is 2. The Morgan fingerprint density at radius 2 is 1.83 bits per heavy atom. The topological polar surface area (TPSA) is 52.9 Å². The Kier molecular flexibility index (Phi) is 4.35. The molecule has 0 unspecified atom stereocenters. The number of likely N-dealkylation sites (tertiary alicyclic amines) is 1. The number of halogens is 1. The number of hydrogen-bond acceptors (Lipinski definition) is 3. The van der Waals surface area contributed by atoms with Crippen molar-refractivity contribution in [3.05, 3.63) is 70.7 Å². The Morgan fingerprint density at radius 3 is 2.48 bits per heavy atom. The Bertz CT molecular complexity index is 746. The van der Waals surface area contributed by atoms with Gasteiger partial charge in [0.2, 0.25) is 5.91 Å². The Labute approximate surface area is 140 Å². The van der Waals surface area contributed by atoms with Crippen molar-refractivity contribution in [2.75, 3.05) is 13.6 Å². The maximum Gasteiger partial charge on any atom is 0.232 e. The number of amides is 1. The lowest BCUT2D eigenvalue weighted by atomic mass is 9.83. The van der Waals surface area contributed by atoms with E-state index in [0.717, 1.165) is 11.1 Å². The first kappa shape index (κ1) is 15.6. The van der Waals surface area contributed by atoms with E-state index < -0.39 is 5.92 Å². The highest BCUT2D eigenvalue weighted by Crippen LogP contribution is 2.38. The van der Waals surface area contributed by atoms with Gasteiger partial charge in [-0.3, -0.25) is 4.79 Å². The number of oxime groups is 1. The van der Waals surface area contributed by atoms with E-state index in [-0.39, 0.29) is 11.8 Å². The second-order valence-electron chi connectivity index (χ2n) is 5.68. The third-order valence-electron chi connectivity index (χ3n) is 4.29. The molecule has 5 heteroatoms. The average molecular weight is 329 g/mol. The van der Waals surface area contributed by atoms with E-state index in [0.29, 0.717) is 17.3 Å². The first-order valence-electron chi connectivity index (χ1n) is 7.40. The number of carbonyl (C=O) groups is 1. The van der Waals surface area contributed by atoms with Gasteiger partial charge in [0.05, 0.1) is 11.6 Å². The number of hydrogen-bond donors (Lipinski definition) is 1. The molecule has 1 heterocycles. The van der Waals surface area contributed by atoms with Crippen molar-refractivity contribution < 1.29 is 10.0 Å². The average Bonchev–Trinajstić information content (AvgIpc) is 2.86. The summed E-state index contributed by atoms with van der Waals surface area (Å²) >= 11 is 6.33. The molecule has 1 fully saturated rings. The lowest BCUT2D eigenvalue weighted by molar-refractivity contribution is -0.128. The Balaban J connectivity index is 2.07. The van der Waals surface area contributed by atoms with Crippen LogP contribution >= 0.6 is 11.6 Å². The van der Waals surface area contributed by atoms with E-state index in [1.54, 1.807) is 11.9 Å². The second-order valence-corrected chi connectivity index (χ2v) is 6.08. The highest BCUT2D eigenvalue weighted by atomic mass is 35.5. The molecule has 0 bridgehead atoms. The molecule has 1 amide bonds. The second kappa shape index (κ2) is 6.42. The molecular weight excluding hydrogens is 312 g/mol. The summed E-state index contributed by atoms with van der Waals surface area (Å²) in [5.74, 6) is -0.758. The molecular formula is C18H17ClN2O2. The van der Waals surface area contributed by atoms with Gasteiger partial charge >= 0.3 is 0 Å². The molecule has 0 aliphatic carbocycles. The summed E-state index contributed by atoms with van der Waals surface area (Å²) in [7, 11) is 1.76. The summed E-state index contributed by atoms with van der Waals surface area (Å²) in [4.78, 5) is 14.3. The molecule has 3 rings (SSSR count). The summed E-state index contributed by atoms with van der Waals surface area (Å²) in [5, 5.41) is 13.6. The fraction of sp³-hybridized carbons (Fsp3) is 0.222. The normalized spacial score (nSPS) is 21.7. The molecule has 23 heavy (non-hydrogen) atoms. The molecule has 0 spiro atoms. The smallest absolute Gasteiger partial charge is 0.232 e. The van der Waals surface area contributed by atoms with Gasteiger partial charge in [-0.1, -0.05) is 65.3 Å². The van der Waals surface area contributed by atoms with Gasteiger partial charge in [0, 0.05) is 30.1 Å². The number of rotatable bonds is 3. The lowest BCUT2D eigenvalue weighted by Gasteiger charge is -2.19. The van der Waals surface area contributed by atoms with Gasteiger partial charge in [-0.2, -0.15) is 0 Å². The summed E-state index contributed by atoms with van der Waals surface area (Å²) in [6.45, 7) is 0.541. The van der Waals surface area contributed by atoms with Gasteiger partial charge in [0.25, 0.3) is 0 Å². The van der Waals surface area contributed by atoms with Crippen molar-refractivity contribution in [1.29, 1.82) is 0 Å². The molecule has 0 aromatic heterocycles. The molecule has 2 aromatic rings. The molecule has 2 atom stereocenters. The van der Waals surface area contributed by atoms with E-state index >= 15 is 0 Å². The van der Waals surface area contributed by atoms with Crippen LogP contribution in [0, 0.1) is 5.92 Å². The Hall–Kier alpha value is -2.33. The van der Waals surface area contributed by atoms with E-state index in [4.69, 9.17) is 11.6 Å². The summed E-state index contributed by atoms with van der Waals surface area (Å²) in [6.07, 6.45) is 0. The molecule has 4 nitrogen and oxygen atoms in total. The van der Waals surface area contributed by atoms with Gasteiger partial charge in [-0.05, 0) is 11.6 Å². The van der Waals surface area contributed by atoms with Crippen LogP contribution in [0.3, 0.4) is 0 Å². The summed E-state index contributed by atoms with van der Waals surface area (Å²) < 4.78 is 0. The van der Waals surface area contributed by atoms with E-state index in [9.17, 15) is 10.0 Å². The predicted molar refractivity (Wildman–Crippen MR) is 90.1 cm³/mol. The number of benzene rings is 2. The highest BCUT2D eigenvalue weighted by Gasteiger charge is 2.44. The van der Waals surface area contributed by atoms with Gasteiger partial charge in [-0.15, -0.1) is 0 Å². The molecule has 118 valence electrons. The largest absolute Gasteiger partial charge is 0.411 e. The van der Waals surface area contributed by atoms with Gasteiger partial charge in [0.15, 0.2) is 0 Å². The summed E-state index contributed by atoms with van der Waals surface area (Å²) in [5.41, 5.74) is 2.01. The molecule has 1 N–H and O–H groups in total. The molecule has 0 saturated carbocycles. The third-order valence-corrected chi connectivity index (χ3v) is 4.64. The first-order valence-corrected chi connectivity index (χ1v) is 7.78. The highest BCUT2D eigenvalue weighted by molar-refractivity contribution is 6.31. The fourth-order valence-electron chi connectivity index (χ4n) is 3.17. The van der Waals surface area contributed by atoms with E-state index in [2.05, 4.69) is 5.16 Å². The molecule has 0 radical (unpaired) electrons. The van der Waals surface area contributed by atoms with Gasteiger partial charge in [0.1, 0.15) is 0 Å². The zero-order valence-electron chi connectivity index (χ0n) is 12.7. The van der Waals surface area contributed by atoms with Crippen molar-refractivity contribution >= 4 is 23.2 Å². The maximum atomic E-state index is 12.7. The zero-order chi connectivity index (χ0) is 16.4. The fourth-order valence-corrected chi connectivity index (χ4v) is 3.45. The lowest BCUT2D eigenvalue weighted by Crippen LogP contribution is -2.29. The van der Waals surface area contributed by atoms with Crippen LogP contribution in [0.15, 0.2) is 59.8 Å². The van der Waals surface area contributed by atoms with Crippen molar-refractivity contribution in [3.63, 3.8) is 0 Å². The van der Waals surface area contributed by atoms with Crippen molar-refractivity contribution in [1.82, 2.24) is 4.90 Å².